The fraction of sp³-hybridized carbons (Fsp3) is 0.0714. The van der Waals surface area contributed by atoms with Crippen molar-refractivity contribution in [2.24, 2.45) is 0 Å². The van der Waals surface area contributed by atoms with Crippen LogP contribution in [0.2, 0.25) is 0 Å². The van der Waals surface area contributed by atoms with E-state index < -0.39 is 17.5 Å². The van der Waals surface area contributed by atoms with Crippen LogP contribution < -0.4 is 4.74 Å². The molecule has 0 saturated heterocycles. The van der Waals surface area contributed by atoms with Crippen LogP contribution in [0.1, 0.15) is 16.7 Å². The maximum atomic E-state index is 14.7. The summed E-state index contributed by atoms with van der Waals surface area (Å²) in [6.45, 7) is -0.112. The SMILES string of the molecule is COc1ccc(-c2ccc(C=Cc3ccc(-c4ccc(CO)cc4)c(F)c3F)cc2)cc1F. The molecule has 0 amide bonds. The smallest absolute Gasteiger partial charge is 0.167 e. The highest BCUT2D eigenvalue weighted by molar-refractivity contribution is 5.74. The van der Waals surface area contributed by atoms with Gasteiger partial charge in [-0.25, -0.2) is 13.2 Å². The van der Waals surface area contributed by atoms with Crippen LogP contribution in [0, 0.1) is 17.5 Å². The number of hydrogen-bond acceptors (Lipinski definition) is 2. The number of hydrogen-bond donors (Lipinski definition) is 1. The molecule has 0 atom stereocenters. The zero-order valence-corrected chi connectivity index (χ0v) is 17.9. The molecule has 5 heteroatoms. The van der Waals surface area contributed by atoms with Gasteiger partial charge in [-0.2, -0.15) is 0 Å². The fourth-order valence-electron chi connectivity index (χ4n) is 3.52. The Morgan fingerprint density at radius 2 is 1.39 bits per heavy atom. The Labute approximate surface area is 190 Å². The van der Waals surface area contributed by atoms with Crippen LogP contribution in [0.3, 0.4) is 0 Å². The van der Waals surface area contributed by atoms with Gasteiger partial charge in [-0.15, -0.1) is 0 Å². The molecule has 0 heterocycles. The first kappa shape index (κ1) is 22.4. The summed E-state index contributed by atoms with van der Waals surface area (Å²) < 4.78 is 48.2. The number of halogens is 3. The van der Waals surface area contributed by atoms with E-state index in [4.69, 9.17) is 9.84 Å². The van der Waals surface area contributed by atoms with Gasteiger partial charge in [-0.05, 0) is 39.9 Å². The Morgan fingerprint density at radius 1 is 0.727 bits per heavy atom. The molecule has 0 bridgehead atoms. The average molecular weight is 446 g/mol. The van der Waals surface area contributed by atoms with Crippen LogP contribution in [-0.4, -0.2) is 12.2 Å². The van der Waals surface area contributed by atoms with E-state index in [1.54, 1.807) is 42.5 Å². The van der Waals surface area contributed by atoms with Crippen molar-refractivity contribution in [1.29, 1.82) is 0 Å². The summed E-state index contributed by atoms with van der Waals surface area (Å²) in [4.78, 5) is 0. The molecule has 0 fully saturated rings. The van der Waals surface area contributed by atoms with E-state index in [9.17, 15) is 13.2 Å². The van der Waals surface area contributed by atoms with Gasteiger partial charge in [0.25, 0.3) is 0 Å². The van der Waals surface area contributed by atoms with Crippen LogP contribution in [0.4, 0.5) is 13.2 Å². The first-order valence-electron chi connectivity index (χ1n) is 10.3. The van der Waals surface area contributed by atoms with Gasteiger partial charge in [0, 0.05) is 11.1 Å². The molecule has 0 aliphatic rings. The predicted molar refractivity (Wildman–Crippen MR) is 125 cm³/mol. The normalized spacial score (nSPS) is 11.2. The zero-order chi connectivity index (χ0) is 23.4. The van der Waals surface area contributed by atoms with E-state index >= 15 is 0 Å². The zero-order valence-electron chi connectivity index (χ0n) is 17.9. The summed E-state index contributed by atoms with van der Waals surface area (Å²) in [6, 6.07) is 21.7. The number of rotatable bonds is 6. The molecule has 0 aromatic heterocycles. The van der Waals surface area contributed by atoms with Gasteiger partial charge in [0.05, 0.1) is 13.7 Å². The molecule has 0 radical (unpaired) electrons. The van der Waals surface area contributed by atoms with E-state index in [1.807, 2.05) is 24.3 Å². The highest BCUT2D eigenvalue weighted by atomic mass is 19.2. The molecule has 0 saturated carbocycles. The van der Waals surface area contributed by atoms with Gasteiger partial charge in [-0.3, -0.25) is 0 Å². The van der Waals surface area contributed by atoms with Gasteiger partial charge in [0.1, 0.15) is 0 Å². The predicted octanol–water partition coefficient (Wildman–Crippen LogP) is 7.11. The number of benzene rings is 4. The van der Waals surface area contributed by atoms with Gasteiger partial charge in [-0.1, -0.05) is 78.9 Å². The second kappa shape index (κ2) is 9.76. The molecule has 33 heavy (non-hydrogen) atoms. The number of ether oxygens (including phenoxy) is 1. The standard InChI is InChI=1S/C28H21F3O2/c1-33-26-15-13-23(16-25(26)29)20-7-2-18(3-8-20)4-11-22-12-14-24(28(31)27(22)30)21-9-5-19(17-32)6-10-21/h2-16,32H,17H2,1H3. The van der Waals surface area contributed by atoms with Gasteiger partial charge >= 0.3 is 0 Å². The van der Waals surface area contributed by atoms with Crippen LogP contribution in [-0.2, 0) is 6.61 Å². The summed E-state index contributed by atoms with van der Waals surface area (Å²) in [5.74, 6) is -2.11. The molecule has 0 spiro atoms. The van der Waals surface area contributed by atoms with Gasteiger partial charge in [0.2, 0.25) is 0 Å². The van der Waals surface area contributed by atoms with Crippen LogP contribution in [0.25, 0.3) is 34.4 Å². The maximum absolute atomic E-state index is 14.7. The highest BCUT2D eigenvalue weighted by Crippen LogP contribution is 2.29. The monoisotopic (exact) mass is 446 g/mol. The van der Waals surface area contributed by atoms with Crippen molar-refractivity contribution in [1.82, 2.24) is 0 Å². The lowest BCUT2D eigenvalue weighted by molar-refractivity contribution is 0.282. The lowest BCUT2D eigenvalue weighted by atomic mass is 10.0. The van der Waals surface area contributed by atoms with Crippen molar-refractivity contribution in [3.8, 4) is 28.0 Å². The molecule has 4 rings (SSSR count). The second-order valence-corrected chi connectivity index (χ2v) is 7.49. The van der Waals surface area contributed by atoms with Crippen LogP contribution in [0.15, 0.2) is 78.9 Å². The minimum Gasteiger partial charge on any atom is -0.494 e. The highest BCUT2D eigenvalue weighted by Gasteiger charge is 2.13. The largest absolute Gasteiger partial charge is 0.494 e. The summed E-state index contributed by atoms with van der Waals surface area (Å²) in [5, 5.41) is 9.13. The lowest BCUT2D eigenvalue weighted by Gasteiger charge is -2.08. The third-order valence-corrected chi connectivity index (χ3v) is 5.41. The Morgan fingerprint density at radius 3 is 2.03 bits per heavy atom. The first-order valence-corrected chi connectivity index (χ1v) is 10.3. The van der Waals surface area contributed by atoms with Crippen molar-refractivity contribution in [3.63, 3.8) is 0 Å². The van der Waals surface area contributed by atoms with E-state index in [0.29, 0.717) is 16.7 Å². The van der Waals surface area contributed by atoms with Crippen molar-refractivity contribution in [2.45, 2.75) is 6.61 Å². The summed E-state index contributed by atoms with van der Waals surface area (Å²) >= 11 is 0. The van der Waals surface area contributed by atoms with Crippen molar-refractivity contribution in [3.05, 3.63) is 113 Å². The van der Waals surface area contributed by atoms with Crippen molar-refractivity contribution in [2.75, 3.05) is 7.11 Å². The summed E-state index contributed by atoms with van der Waals surface area (Å²) in [6.07, 6.45) is 3.20. The van der Waals surface area contributed by atoms with E-state index in [2.05, 4.69) is 0 Å². The molecule has 2 nitrogen and oxygen atoms in total. The van der Waals surface area contributed by atoms with Crippen molar-refractivity contribution >= 4 is 12.2 Å². The average Bonchev–Trinajstić information content (AvgIpc) is 2.85. The van der Waals surface area contributed by atoms with Gasteiger partial charge in [0.15, 0.2) is 23.2 Å². The lowest BCUT2D eigenvalue weighted by Crippen LogP contribution is -1.94. The topological polar surface area (TPSA) is 29.5 Å². The second-order valence-electron chi connectivity index (χ2n) is 7.49. The molecule has 0 aliphatic heterocycles. The molecule has 166 valence electrons. The maximum Gasteiger partial charge on any atom is 0.167 e. The number of aliphatic hydroxyl groups is 1. The number of aliphatic hydroxyl groups excluding tert-OH is 1. The quantitative estimate of drug-likeness (QED) is 0.320. The van der Waals surface area contributed by atoms with Gasteiger partial charge < -0.3 is 9.84 Å². The molecule has 4 aromatic rings. The first-order chi connectivity index (χ1) is 16.0. The van der Waals surface area contributed by atoms with Crippen LogP contribution >= 0.6 is 0 Å². The minimum absolute atomic E-state index is 0.112. The third kappa shape index (κ3) is 4.83. The Kier molecular flexibility index (Phi) is 6.61. The van der Waals surface area contributed by atoms with Crippen molar-refractivity contribution < 1.29 is 23.0 Å². The molecular weight excluding hydrogens is 425 g/mol. The molecule has 4 aromatic carbocycles. The molecule has 0 aliphatic carbocycles. The summed E-state index contributed by atoms with van der Waals surface area (Å²) in [7, 11) is 1.41. The van der Waals surface area contributed by atoms with E-state index in [-0.39, 0.29) is 23.5 Å². The summed E-state index contributed by atoms with van der Waals surface area (Å²) in [5.41, 5.74) is 3.83. The number of methoxy groups -OCH3 is 1. The Hall–Kier alpha value is -3.83. The molecular formula is C28H21F3O2. The molecule has 1 N–H and O–H groups in total. The van der Waals surface area contributed by atoms with E-state index in [0.717, 1.165) is 11.1 Å². The van der Waals surface area contributed by atoms with E-state index in [1.165, 1.54) is 31.4 Å². The minimum atomic E-state index is -0.930. The Bertz CT molecular complexity index is 1290. The molecule has 0 unspecified atom stereocenters. The Balaban J connectivity index is 1.54. The fourth-order valence-corrected chi connectivity index (χ4v) is 3.52. The van der Waals surface area contributed by atoms with Crippen LogP contribution in [0.5, 0.6) is 5.75 Å². The third-order valence-electron chi connectivity index (χ3n) is 5.41.